The van der Waals surface area contributed by atoms with Crippen LogP contribution in [0.5, 0.6) is 5.75 Å². The number of benzene rings is 2. The van der Waals surface area contributed by atoms with Crippen molar-refractivity contribution in [3.63, 3.8) is 0 Å². The molecule has 5 nitrogen and oxygen atoms in total. The fourth-order valence-electron chi connectivity index (χ4n) is 3.89. The van der Waals surface area contributed by atoms with Crippen LogP contribution in [0.15, 0.2) is 48.5 Å². The highest BCUT2D eigenvalue weighted by Gasteiger charge is 2.25. The minimum atomic E-state index is -0.111. The normalized spacial score (nSPS) is 16.0. The molecule has 2 aromatic carbocycles. The first-order valence-corrected chi connectivity index (χ1v) is 9.51. The molecule has 0 spiro atoms. The van der Waals surface area contributed by atoms with E-state index in [0.717, 1.165) is 42.6 Å². The number of hydrogen-bond donors (Lipinski definition) is 3. The molecule has 0 radical (unpaired) electrons. The molecule has 27 heavy (non-hydrogen) atoms. The summed E-state index contributed by atoms with van der Waals surface area (Å²) < 4.78 is 5.36. The van der Waals surface area contributed by atoms with Crippen molar-refractivity contribution in [1.82, 2.24) is 15.6 Å². The van der Waals surface area contributed by atoms with Crippen LogP contribution in [-0.2, 0) is 12.8 Å². The first-order valence-electron chi connectivity index (χ1n) is 9.51. The second-order valence-electron chi connectivity index (χ2n) is 7.01. The van der Waals surface area contributed by atoms with E-state index in [2.05, 4.69) is 33.8 Å². The van der Waals surface area contributed by atoms with Crippen molar-refractivity contribution in [3.05, 3.63) is 65.4 Å². The van der Waals surface area contributed by atoms with Crippen LogP contribution >= 0.6 is 0 Å². The van der Waals surface area contributed by atoms with Crippen molar-refractivity contribution in [2.45, 2.75) is 31.7 Å². The third-order valence-corrected chi connectivity index (χ3v) is 5.26. The van der Waals surface area contributed by atoms with Crippen LogP contribution < -0.4 is 15.4 Å². The van der Waals surface area contributed by atoms with Gasteiger partial charge < -0.3 is 20.4 Å². The van der Waals surface area contributed by atoms with Crippen molar-refractivity contribution in [2.24, 2.45) is 0 Å². The van der Waals surface area contributed by atoms with E-state index in [1.54, 1.807) is 7.11 Å². The molecule has 5 heteroatoms. The maximum atomic E-state index is 12.4. The van der Waals surface area contributed by atoms with Crippen molar-refractivity contribution < 1.29 is 9.53 Å². The van der Waals surface area contributed by atoms with Gasteiger partial charge >= 0.3 is 6.03 Å². The van der Waals surface area contributed by atoms with Gasteiger partial charge in [-0.15, -0.1) is 0 Å². The van der Waals surface area contributed by atoms with Gasteiger partial charge in [-0.2, -0.15) is 0 Å². The van der Waals surface area contributed by atoms with E-state index in [4.69, 9.17) is 4.74 Å². The van der Waals surface area contributed by atoms with Gasteiger partial charge in [-0.3, -0.25) is 0 Å². The molecular weight excluding hydrogens is 338 g/mol. The van der Waals surface area contributed by atoms with Gasteiger partial charge in [0.1, 0.15) is 5.75 Å². The predicted molar refractivity (Wildman–Crippen MR) is 107 cm³/mol. The number of aromatic amines is 1. The minimum Gasteiger partial charge on any atom is -0.497 e. The molecule has 0 unspecified atom stereocenters. The zero-order valence-corrected chi connectivity index (χ0v) is 15.5. The Morgan fingerprint density at radius 3 is 2.89 bits per heavy atom. The number of rotatable bonds is 5. The van der Waals surface area contributed by atoms with Gasteiger partial charge in [-0.25, -0.2) is 4.79 Å². The first kappa shape index (κ1) is 17.5. The van der Waals surface area contributed by atoms with Crippen LogP contribution in [-0.4, -0.2) is 24.7 Å². The minimum absolute atomic E-state index is 0.0175. The molecule has 0 aliphatic heterocycles. The van der Waals surface area contributed by atoms with Crippen LogP contribution in [0.1, 0.15) is 35.7 Å². The predicted octanol–water partition coefficient (Wildman–Crippen LogP) is 4.10. The van der Waals surface area contributed by atoms with E-state index in [1.807, 2.05) is 30.3 Å². The molecule has 0 saturated heterocycles. The van der Waals surface area contributed by atoms with Crippen LogP contribution in [0.3, 0.4) is 0 Å². The number of nitrogens with one attached hydrogen (secondary N) is 3. The summed E-state index contributed by atoms with van der Waals surface area (Å²) in [6.07, 6.45) is 3.86. The molecule has 1 aliphatic rings. The molecule has 0 fully saturated rings. The third-order valence-electron chi connectivity index (χ3n) is 5.26. The molecule has 3 aromatic rings. The van der Waals surface area contributed by atoms with Gasteiger partial charge in [0.25, 0.3) is 0 Å². The molecule has 1 heterocycles. The van der Waals surface area contributed by atoms with E-state index in [1.165, 1.54) is 16.5 Å². The molecule has 1 aromatic heterocycles. The Balaban J connectivity index is 1.42. The SMILES string of the molecule is COc1ccc2[nH]c3c(c2c1)CCC[C@@H]3NC(=O)NCCc1ccccc1. The number of aryl methyl sites for hydroxylation is 1. The summed E-state index contributed by atoms with van der Waals surface area (Å²) in [4.78, 5) is 15.9. The number of urea groups is 1. The third kappa shape index (κ3) is 3.77. The number of methoxy groups -OCH3 is 1. The van der Waals surface area contributed by atoms with Gasteiger partial charge in [-0.1, -0.05) is 30.3 Å². The van der Waals surface area contributed by atoms with Crippen LogP contribution in [0, 0.1) is 0 Å². The average molecular weight is 363 g/mol. The second-order valence-corrected chi connectivity index (χ2v) is 7.01. The standard InChI is InChI=1S/C22H25N3O2/c1-27-16-10-11-19-18(14-16)17-8-5-9-20(21(17)24-19)25-22(26)23-13-12-15-6-3-2-4-7-15/h2-4,6-7,10-11,14,20,24H,5,8-9,12-13H2,1H3,(H2,23,25,26)/t20-/m0/s1. The summed E-state index contributed by atoms with van der Waals surface area (Å²) in [5.74, 6) is 0.859. The number of amides is 2. The molecule has 140 valence electrons. The highest BCUT2D eigenvalue weighted by Crippen LogP contribution is 2.36. The Bertz CT molecular complexity index is 933. The molecule has 2 amide bonds. The number of H-pyrrole nitrogens is 1. The fraction of sp³-hybridized carbons (Fsp3) is 0.318. The van der Waals surface area contributed by atoms with Crippen LogP contribution in [0.25, 0.3) is 10.9 Å². The van der Waals surface area contributed by atoms with E-state index in [-0.39, 0.29) is 12.1 Å². The maximum absolute atomic E-state index is 12.4. The lowest BCUT2D eigenvalue weighted by atomic mass is 9.92. The number of ether oxygens (including phenoxy) is 1. The van der Waals surface area contributed by atoms with Crippen molar-refractivity contribution in [1.29, 1.82) is 0 Å². The second kappa shape index (κ2) is 7.74. The number of carbonyl (C=O) groups is 1. The van der Waals surface area contributed by atoms with Gasteiger partial charge in [0.15, 0.2) is 0 Å². The van der Waals surface area contributed by atoms with Crippen molar-refractivity contribution in [2.75, 3.05) is 13.7 Å². The molecular formula is C22H25N3O2. The number of carbonyl (C=O) groups excluding carboxylic acids is 1. The molecule has 0 bridgehead atoms. The molecule has 4 rings (SSSR count). The lowest BCUT2D eigenvalue weighted by molar-refractivity contribution is 0.235. The van der Waals surface area contributed by atoms with Gasteiger partial charge in [0, 0.05) is 23.1 Å². The van der Waals surface area contributed by atoms with Crippen LogP contribution in [0.2, 0.25) is 0 Å². The summed E-state index contributed by atoms with van der Waals surface area (Å²) in [5.41, 5.74) is 4.74. The summed E-state index contributed by atoms with van der Waals surface area (Å²) >= 11 is 0. The molecule has 1 aliphatic carbocycles. The van der Waals surface area contributed by atoms with Crippen molar-refractivity contribution in [3.8, 4) is 5.75 Å². The maximum Gasteiger partial charge on any atom is 0.315 e. The van der Waals surface area contributed by atoms with E-state index in [0.29, 0.717) is 6.54 Å². The monoisotopic (exact) mass is 363 g/mol. The summed E-state index contributed by atoms with van der Waals surface area (Å²) in [6, 6.07) is 16.2. The number of fused-ring (bicyclic) bond motifs is 3. The fourth-order valence-corrected chi connectivity index (χ4v) is 3.89. The largest absolute Gasteiger partial charge is 0.497 e. The first-order chi connectivity index (χ1) is 13.2. The zero-order valence-electron chi connectivity index (χ0n) is 15.5. The smallest absolute Gasteiger partial charge is 0.315 e. The summed E-state index contributed by atoms with van der Waals surface area (Å²) in [7, 11) is 1.68. The summed E-state index contributed by atoms with van der Waals surface area (Å²) in [6.45, 7) is 0.624. The lowest BCUT2D eigenvalue weighted by Crippen LogP contribution is -2.40. The van der Waals surface area contributed by atoms with Crippen LogP contribution in [0.4, 0.5) is 4.79 Å². The van der Waals surface area contributed by atoms with Gasteiger partial charge in [-0.05, 0) is 55.0 Å². The van der Waals surface area contributed by atoms with E-state index >= 15 is 0 Å². The summed E-state index contributed by atoms with van der Waals surface area (Å²) in [5, 5.41) is 7.31. The molecule has 1 atom stereocenters. The zero-order chi connectivity index (χ0) is 18.6. The van der Waals surface area contributed by atoms with Gasteiger partial charge in [0.2, 0.25) is 0 Å². The molecule has 0 saturated carbocycles. The Hall–Kier alpha value is -2.95. The van der Waals surface area contributed by atoms with Gasteiger partial charge in [0.05, 0.1) is 13.2 Å². The lowest BCUT2D eigenvalue weighted by Gasteiger charge is -2.24. The Morgan fingerprint density at radius 1 is 1.22 bits per heavy atom. The van der Waals surface area contributed by atoms with E-state index < -0.39 is 0 Å². The van der Waals surface area contributed by atoms with E-state index in [9.17, 15) is 4.79 Å². The average Bonchev–Trinajstić information content (AvgIpc) is 3.08. The quantitative estimate of drug-likeness (QED) is 0.639. The van der Waals surface area contributed by atoms with Crippen molar-refractivity contribution >= 4 is 16.9 Å². The highest BCUT2D eigenvalue weighted by atomic mass is 16.5. The highest BCUT2D eigenvalue weighted by molar-refractivity contribution is 5.87. The molecule has 3 N–H and O–H groups in total. The topological polar surface area (TPSA) is 66.1 Å². The Morgan fingerprint density at radius 2 is 2.07 bits per heavy atom. The number of hydrogen-bond acceptors (Lipinski definition) is 2. The Kier molecular flexibility index (Phi) is 5.01. The Labute approximate surface area is 159 Å². The number of aromatic nitrogens is 1.